The Morgan fingerprint density at radius 2 is 2.05 bits per heavy atom. The maximum absolute atomic E-state index is 13.5. The van der Waals surface area contributed by atoms with Crippen molar-refractivity contribution in [2.75, 3.05) is 38.7 Å². The lowest BCUT2D eigenvalue weighted by atomic mass is 10.2. The largest absolute Gasteiger partial charge is 0.416 e. The van der Waals surface area contributed by atoms with Gasteiger partial charge in [-0.3, -0.25) is 0 Å². The third kappa shape index (κ3) is 5.15. The van der Waals surface area contributed by atoms with Crippen molar-refractivity contribution in [3.8, 4) is 0 Å². The lowest BCUT2D eigenvalue weighted by Crippen LogP contribution is -2.39. The molecule has 0 atom stereocenters. The van der Waals surface area contributed by atoms with Gasteiger partial charge in [-0.2, -0.15) is 13.2 Å². The Morgan fingerprint density at radius 3 is 2.59 bits per heavy atom. The first kappa shape index (κ1) is 18.2. The summed E-state index contributed by atoms with van der Waals surface area (Å²) in [6.45, 7) is -0.139. The second-order valence-corrected chi connectivity index (χ2v) is 4.33. The molecule has 5 nitrogen and oxygen atoms in total. The van der Waals surface area contributed by atoms with Crippen molar-refractivity contribution in [3.05, 3.63) is 29.6 Å². The predicted octanol–water partition coefficient (Wildman–Crippen LogP) is 2.32. The van der Waals surface area contributed by atoms with Crippen LogP contribution in [0.5, 0.6) is 0 Å². The summed E-state index contributed by atoms with van der Waals surface area (Å²) in [6, 6.07) is 0.899. The summed E-state index contributed by atoms with van der Waals surface area (Å²) in [7, 11) is 1.40. The molecule has 1 aromatic rings. The van der Waals surface area contributed by atoms with Crippen molar-refractivity contribution in [1.29, 1.82) is 0 Å². The molecule has 0 spiro atoms. The maximum atomic E-state index is 13.5. The van der Waals surface area contributed by atoms with E-state index >= 15 is 0 Å². The Kier molecular flexibility index (Phi) is 6.57. The van der Waals surface area contributed by atoms with E-state index in [4.69, 9.17) is 9.84 Å². The number of amides is 2. The van der Waals surface area contributed by atoms with Gasteiger partial charge in [0.05, 0.1) is 24.5 Å². The first-order valence-corrected chi connectivity index (χ1v) is 6.32. The fourth-order valence-electron chi connectivity index (χ4n) is 1.63. The Labute approximate surface area is 124 Å². The topological polar surface area (TPSA) is 61.8 Å². The van der Waals surface area contributed by atoms with Crippen LogP contribution in [-0.2, 0) is 10.9 Å². The quantitative estimate of drug-likeness (QED) is 0.790. The SMILES string of the molecule is COCCN(CCO)C(=O)Nc1cc(C(F)(F)F)ccc1F. The molecule has 0 aromatic heterocycles. The maximum Gasteiger partial charge on any atom is 0.416 e. The minimum absolute atomic E-state index is 0.0597. The summed E-state index contributed by atoms with van der Waals surface area (Å²) in [5.41, 5.74) is -1.66. The highest BCUT2D eigenvalue weighted by Gasteiger charge is 2.31. The molecule has 22 heavy (non-hydrogen) atoms. The van der Waals surface area contributed by atoms with Crippen molar-refractivity contribution in [1.82, 2.24) is 4.90 Å². The monoisotopic (exact) mass is 324 g/mol. The molecule has 1 rings (SSSR count). The van der Waals surface area contributed by atoms with Crippen LogP contribution in [0.15, 0.2) is 18.2 Å². The number of hydrogen-bond acceptors (Lipinski definition) is 3. The van der Waals surface area contributed by atoms with Gasteiger partial charge < -0.3 is 20.1 Å². The third-order valence-corrected chi connectivity index (χ3v) is 2.76. The Balaban J connectivity index is 2.89. The summed E-state index contributed by atoms with van der Waals surface area (Å²) in [4.78, 5) is 13.0. The van der Waals surface area contributed by atoms with Gasteiger partial charge in [0.15, 0.2) is 0 Å². The van der Waals surface area contributed by atoms with Crippen LogP contribution in [0.3, 0.4) is 0 Å². The number of aliphatic hydroxyl groups excluding tert-OH is 1. The Bertz CT molecular complexity index is 509. The van der Waals surface area contributed by atoms with E-state index in [2.05, 4.69) is 5.32 Å². The molecule has 0 saturated carbocycles. The zero-order valence-electron chi connectivity index (χ0n) is 11.8. The molecule has 2 N–H and O–H groups in total. The normalized spacial score (nSPS) is 11.4. The van der Waals surface area contributed by atoms with Gasteiger partial charge in [0.1, 0.15) is 5.82 Å². The number of alkyl halides is 3. The average molecular weight is 324 g/mol. The highest BCUT2D eigenvalue weighted by atomic mass is 19.4. The molecule has 0 radical (unpaired) electrons. The van der Waals surface area contributed by atoms with E-state index in [9.17, 15) is 22.4 Å². The predicted molar refractivity (Wildman–Crippen MR) is 71.0 cm³/mol. The molecule has 2 amide bonds. The van der Waals surface area contributed by atoms with Crippen LogP contribution in [0.1, 0.15) is 5.56 Å². The smallest absolute Gasteiger partial charge is 0.395 e. The molecule has 1 aromatic carbocycles. The number of aliphatic hydroxyl groups is 1. The van der Waals surface area contributed by atoms with E-state index in [1.54, 1.807) is 0 Å². The Hall–Kier alpha value is -1.87. The van der Waals surface area contributed by atoms with Gasteiger partial charge in [0.25, 0.3) is 0 Å². The molecular weight excluding hydrogens is 308 g/mol. The van der Waals surface area contributed by atoms with E-state index in [1.165, 1.54) is 7.11 Å². The number of methoxy groups -OCH3 is 1. The molecule has 0 aliphatic rings. The highest BCUT2D eigenvalue weighted by Crippen LogP contribution is 2.31. The van der Waals surface area contributed by atoms with Gasteiger partial charge in [-0.25, -0.2) is 9.18 Å². The lowest BCUT2D eigenvalue weighted by molar-refractivity contribution is -0.137. The molecule has 124 valence electrons. The van der Waals surface area contributed by atoms with Gasteiger partial charge in [-0.05, 0) is 18.2 Å². The Morgan fingerprint density at radius 1 is 1.36 bits per heavy atom. The minimum atomic E-state index is -4.64. The fraction of sp³-hybridized carbons (Fsp3) is 0.462. The number of ether oxygens (including phenoxy) is 1. The number of nitrogens with one attached hydrogen (secondary N) is 1. The average Bonchev–Trinajstić information content (AvgIpc) is 2.44. The summed E-state index contributed by atoms with van der Waals surface area (Å²) < 4.78 is 56.1. The number of anilines is 1. The van der Waals surface area contributed by atoms with Gasteiger partial charge in [-0.1, -0.05) is 0 Å². The van der Waals surface area contributed by atoms with Crippen molar-refractivity contribution < 1.29 is 32.2 Å². The van der Waals surface area contributed by atoms with Gasteiger partial charge >= 0.3 is 12.2 Å². The molecular formula is C13H16F4N2O3. The minimum Gasteiger partial charge on any atom is -0.395 e. The molecule has 0 unspecified atom stereocenters. The summed E-state index contributed by atoms with van der Waals surface area (Å²) in [5, 5.41) is 10.9. The summed E-state index contributed by atoms with van der Waals surface area (Å²) >= 11 is 0. The zero-order valence-corrected chi connectivity index (χ0v) is 11.8. The van der Waals surface area contributed by atoms with E-state index in [-0.39, 0.29) is 26.3 Å². The molecule has 0 bridgehead atoms. The number of carbonyl (C=O) groups excluding carboxylic acids is 1. The van der Waals surface area contributed by atoms with Gasteiger partial charge in [-0.15, -0.1) is 0 Å². The van der Waals surface area contributed by atoms with E-state index < -0.39 is 29.3 Å². The van der Waals surface area contributed by atoms with Crippen LogP contribution in [0, 0.1) is 5.82 Å². The molecule has 0 saturated heterocycles. The van der Waals surface area contributed by atoms with Crippen LogP contribution in [0.2, 0.25) is 0 Å². The standard InChI is InChI=1S/C13H16F4N2O3/c1-22-7-5-19(4-6-20)12(21)18-11-8-9(13(15,16)17)2-3-10(11)14/h2-3,8,20H,4-7H2,1H3,(H,18,21). The number of carbonyl (C=O) groups is 1. The molecule has 9 heteroatoms. The second-order valence-electron chi connectivity index (χ2n) is 4.33. The fourth-order valence-corrected chi connectivity index (χ4v) is 1.63. The number of rotatable bonds is 6. The molecule has 0 aliphatic heterocycles. The molecule has 0 aliphatic carbocycles. The van der Waals surface area contributed by atoms with Crippen molar-refractivity contribution in [3.63, 3.8) is 0 Å². The van der Waals surface area contributed by atoms with Crippen LogP contribution in [0.4, 0.5) is 28.0 Å². The second kappa shape index (κ2) is 7.95. The van der Waals surface area contributed by atoms with Crippen molar-refractivity contribution in [2.24, 2.45) is 0 Å². The molecule has 0 fully saturated rings. The number of nitrogens with zero attached hydrogens (tertiary/aromatic N) is 1. The zero-order chi connectivity index (χ0) is 16.8. The summed E-state index contributed by atoms with van der Waals surface area (Å²) in [6.07, 6.45) is -4.64. The first-order valence-electron chi connectivity index (χ1n) is 6.32. The van der Waals surface area contributed by atoms with Gasteiger partial charge in [0, 0.05) is 20.2 Å². The third-order valence-electron chi connectivity index (χ3n) is 2.76. The highest BCUT2D eigenvalue weighted by molar-refractivity contribution is 5.89. The van der Waals surface area contributed by atoms with Crippen molar-refractivity contribution >= 4 is 11.7 Å². The number of benzene rings is 1. The summed E-state index contributed by atoms with van der Waals surface area (Å²) in [5.74, 6) is -0.989. The van der Waals surface area contributed by atoms with Gasteiger partial charge in [0.2, 0.25) is 0 Å². The van der Waals surface area contributed by atoms with Crippen LogP contribution < -0.4 is 5.32 Å². The van der Waals surface area contributed by atoms with Crippen molar-refractivity contribution in [2.45, 2.75) is 6.18 Å². The molecule has 0 heterocycles. The van der Waals surface area contributed by atoms with E-state index in [1.807, 2.05) is 0 Å². The lowest BCUT2D eigenvalue weighted by Gasteiger charge is -2.22. The van der Waals surface area contributed by atoms with Crippen LogP contribution >= 0.6 is 0 Å². The number of urea groups is 1. The number of halogens is 4. The first-order chi connectivity index (χ1) is 10.3. The number of hydrogen-bond donors (Lipinski definition) is 2. The van der Waals surface area contributed by atoms with E-state index in [0.29, 0.717) is 18.2 Å². The van der Waals surface area contributed by atoms with E-state index in [0.717, 1.165) is 4.90 Å². The van der Waals surface area contributed by atoms with Crippen LogP contribution in [-0.4, -0.2) is 49.5 Å². The van der Waals surface area contributed by atoms with Crippen LogP contribution in [0.25, 0.3) is 0 Å².